The number of halogens is 2. The number of hydrogen-bond donors (Lipinski definition) is 0. The molecule has 7 rings (SSSR count). The first-order chi connectivity index (χ1) is 22.4. The van der Waals surface area contributed by atoms with E-state index in [4.69, 9.17) is 17.0 Å². The molecule has 0 aromatic heterocycles. The predicted octanol–water partition coefficient (Wildman–Crippen LogP) is 13.7. The Morgan fingerprint density at radius 3 is 1.52 bits per heavy atom. The zero-order valence-corrected chi connectivity index (χ0v) is 32.2. The van der Waals surface area contributed by atoms with Gasteiger partial charge in [0.2, 0.25) is 0 Å². The molecular weight excluding hydrogens is 695 g/mol. The van der Waals surface area contributed by atoms with Crippen LogP contribution in [0.4, 0.5) is 0 Å². The number of hydrogen-bond acceptors (Lipinski definition) is 0. The maximum atomic E-state index is 4.93. The fourth-order valence-electron chi connectivity index (χ4n) is 5.64. The summed E-state index contributed by atoms with van der Waals surface area (Å²) in [6, 6.07) is 52.2. The number of benzene rings is 5. The molecule has 0 bridgehead atoms. The van der Waals surface area contributed by atoms with Crippen LogP contribution in [0, 0.1) is 6.92 Å². The third-order valence-corrected chi connectivity index (χ3v) is 7.73. The Hall–Kier alpha value is -3.00. The fourth-order valence-corrected chi connectivity index (χ4v) is 5.64. The van der Waals surface area contributed by atoms with Gasteiger partial charge in [0, 0.05) is 9.52 Å². The average Bonchev–Trinajstić information content (AvgIpc) is 3.70. The molecule has 0 saturated carbocycles. The molecule has 46 heavy (non-hydrogen) atoms. The van der Waals surface area contributed by atoms with E-state index in [-0.39, 0.29) is 0 Å². The molecule has 0 spiro atoms. The molecule has 230 valence electrons. The zero-order chi connectivity index (χ0) is 32.9. The van der Waals surface area contributed by atoms with Crippen molar-refractivity contribution in [3.05, 3.63) is 157 Å². The molecule has 0 aliphatic rings. The third kappa shape index (κ3) is 9.30. The molecule has 0 aliphatic heterocycles. The summed E-state index contributed by atoms with van der Waals surface area (Å²) < 4.78 is 0. The monoisotopic (exact) mass is 732 g/mol. The predicted molar refractivity (Wildman–Crippen MR) is 203 cm³/mol. The first kappa shape index (κ1) is 35.8. The second kappa shape index (κ2) is 18.4. The molecule has 7 aromatic rings. The number of fused-ring (bicyclic) bond motifs is 2. The summed E-state index contributed by atoms with van der Waals surface area (Å²) >= 11 is -0.826. The minimum atomic E-state index is -0.826. The summed E-state index contributed by atoms with van der Waals surface area (Å²) in [6.45, 7) is 11.0. The molecule has 0 amide bonds. The van der Waals surface area contributed by atoms with Crippen molar-refractivity contribution < 1.29 is 20.8 Å². The van der Waals surface area contributed by atoms with Gasteiger partial charge in [-0.1, -0.05) is 165 Å². The van der Waals surface area contributed by atoms with E-state index < -0.39 is 20.8 Å². The van der Waals surface area contributed by atoms with Crippen LogP contribution < -0.4 is 0 Å². The van der Waals surface area contributed by atoms with Crippen molar-refractivity contribution in [1.29, 1.82) is 0 Å². The summed E-state index contributed by atoms with van der Waals surface area (Å²) in [5.74, 6) is 0.584. The molecule has 0 saturated heterocycles. The maximum absolute atomic E-state index is 4.93. The topological polar surface area (TPSA) is 0 Å². The van der Waals surface area contributed by atoms with Gasteiger partial charge in [0.25, 0.3) is 0 Å². The SMILES string of the molecule is CC(C)c1cc2c(-c3ccccc3)cccc2[cH-]1.C[Si]C.Cc1cc2c(-c3ccccc3)ccc(-c3ccccc3)c2[cH-]1.[Cl][Zr+2][Cl]. The number of aryl methyl sites for hydroxylation is 1. The molecule has 7 aromatic carbocycles. The van der Waals surface area contributed by atoms with Crippen molar-refractivity contribution in [3.63, 3.8) is 0 Å². The van der Waals surface area contributed by atoms with Crippen LogP contribution in [0.25, 0.3) is 54.9 Å². The quantitative estimate of drug-likeness (QED) is 0.125. The van der Waals surface area contributed by atoms with Crippen LogP contribution in [-0.4, -0.2) is 9.52 Å². The molecule has 4 heteroatoms. The Bertz CT molecular complexity index is 1830. The summed E-state index contributed by atoms with van der Waals surface area (Å²) in [5.41, 5.74) is 10.5. The van der Waals surface area contributed by atoms with Crippen LogP contribution in [0.5, 0.6) is 0 Å². The van der Waals surface area contributed by atoms with Gasteiger partial charge in [-0.25, -0.2) is 0 Å². The fraction of sp³-hybridized carbons (Fsp3) is 0.143. The van der Waals surface area contributed by atoms with E-state index in [9.17, 15) is 0 Å². The van der Waals surface area contributed by atoms with E-state index in [2.05, 4.69) is 179 Å². The molecular formula is C42H40Cl2SiZr. The van der Waals surface area contributed by atoms with Crippen molar-refractivity contribution in [3.8, 4) is 33.4 Å². The average molecular weight is 735 g/mol. The van der Waals surface area contributed by atoms with Crippen LogP contribution in [0.1, 0.15) is 30.9 Å². The first-order valence-corrected chi connectivity index (χ1v) is 23.8. The Morgan fingerprint density at radius 2 is 1.02 bits per heavy atom. The van der Waals surface area contributed by atoms with Gasteiger partial charge < -0.3 is 0 Å². The summed E-state index contributed by atoms with van der Waals surface area (Å²) in [6.07, 6.45) is 0. The van der Waals surface area contributed by atoms with E-state index in [1.807, 2.05) is 0 Å². The Morgan fingerprint density at radius 1 is 0.565 bits per heavy atom. The van der Waals surface area contributed by atoms with Crippen molar-refractivity contribution >= 4 is 48.1 Å². The van der Waals surface area contributed by atoms with Gasteiger partial charge in [-0.15, -0.1) is 56.9 Å². The molecule has 0 aliphatic carbocycles. The molecule has 0 unspecified atom stereocenters. The van der Waals surface area contributed by atoms with Crippen LogP contribution in [0.15, 0.2) is 146 Å². The van der Waals surface area contributed by atoms with Gasteiger partial charge in [0.05, 0.1) is 0 Å². The molecule has 0 atom stereocenters. The van der Waals surface area contributed by atoms with Crippen molar-refractivity contribution in [2.45, 2.75) is 39.8 Å². The first-order valence-electron chi connectivity index (χ1n) is 15.5. The van der Waals surface area contributed by atoms with Crippen molar-refractivity contribution in [2.24, 2.45) is 0 Å². The molecule has 2 radical (unpaired) electrons. The Labute approximate surface area is 296 Å². The summed E-state index contributed by atoms with van der Waals surface area (Å²) in [7, 11) is 11.0. The van der Waals surface area contributed by atoms with Gasteiger partial charge >= 0.3 is 37.9 Å². The standard InChI is InChI=1S/C22H17.C18H17.C2H6Si.2ClH.Zr/c1-16-14-21-19(17-8-4-2-5-9-17)12-13-20(22(21)15-16)18-10-6-3-7-11-18;1-13(2)16-11-15-9-6-10-17(18(15)12-16)14-7-4-3-5-8-14;1-3-2;;;/h2-15H,1H3;3-13H,1-2H3;1-2H3;2*1H;/q2*-1;;;;+4/p-2. The van der Waals surface area contributed by atoms with E-state index in [0.29, 0.717) is 5.92 Å². The summed E-state index contributed by atoms with van der Waals surface area (Å²) in [4.78, 5) is 0. The Balaban J connectivity index is 0.000000181. The van der Waals surface area contributed by atoms with Gasteiger partial charge in [0.15, 0.2) is 0 Å². The van der Waals surface area contributed by atoms with E-state index in [1.54, 1.807) is 0 Å². The van der Waals surface area contributed by atoms with E-state index in [0.717, 1.165) is 9.52 Å². The van der Waals surface area contributed by atoms with Crippen LogP contribution in [0.3, 0.4) is 0 Å². The van der Waals surface area contributed by atoms with E-state index >= 15 is 0 Å². The Kier molecular flexibility index (Phi) is 14.3. The summed E-state index contributed by atoms with van der Waals surface area (Å²) in [5, 5.41) is 5.39. The van der Waals surface area contributed by atoms with Crippen LogP contribution >= 0.6 is 17.0 Å². The molecule has 0 fully saturated rings. The van der Waals surface area contributed by atoms with Crippen LogP contribution in [0.2, 0.25) is 13.1 Å². The van der Waals surface area contributed by atoms with Crippen LogP contribution in [-0.2, 0) is 20.8 Å². The second-order valence-corrected chi connectivity index (χ2v) is 16.2. The second-order valence-electron chi connectivity index (χ2n) is 11.4. The zero-order valence-electron chi connectivity index (χ0n) is 27.2. The van der Waals surface area contributed by atoms with Gasteiger partial charge in [0.1, 0.15) is 0 Å². The van der Waals surface area contributed by atoms with Gasteiger partial charge in [-0.05, 0) is 17.0 Å². The van der Waals surface area contributed by atoms with E-state index in [1.165, 1.54) is 66.1 Å². The van der Waals surface area contributed by atoms with Gasteiger partial charge in [-0.2, -0.15) is 12.1 Å². The molecule has 0 N–H and O–H groups in total. The normalized spacial score (nSPS) is 10.3. The van der Waals surface area contributed by atoms with Gasteiger partial charge in [-0.3, -0.25) is 0 Å². The van der Waals surface area contributed by atoms with Crippen molar-refractivity contribution in [2.75, 3.05) is 0 Å². The third-order valence-electron chi connectivity index (χ3n) is 7.73. The van der Waals surface area contributed by atoms with Crippen molar-refractivity contribution in [1.82, 2.24) is 0 Å². The molecule has 0 heterocycles. The minimum absolute atomic E-state index is 0.584. The number of rotatable bonds is 4. The molecule has 0 nitrogen and oxygen atoms in total.